The number of fused-ring (bicyclic) bond motifs is 1. The minimum absolute atomic E-state index is 0.198. The van der Waals surface area contributed by atoms with Gasteiger partial charge in [0.2, 0.25) is 0 Å². The van der Waals surface area contributed by atoms with Crippen LogP contribution in [0.5, 0.6) is 0 Å². The zero-order valence-corrected chi connectivity index (χ0v) is 8.72. The molecule has 16 heavy (non-hydrogen) atoms. The molecule has 1 aromatic rings. The van der Waals surface area contributed by atoms with E-state index in [4.69, 9.17) is 0 Å². The second-order valence-corrected chi connectivity index (χ2v) is 4.05. The van der Waals surface area contributed by atoms with Gasteiger partial charge in [0.25, 0.3) is 11.8 Å². The normalized spacial score (nSPS) is 24.0. The SMILES string of the molecule is O=C1c2ccccc2C(=O)N1C1CCC[N]1. The summed E-state index contributed by atoms with van der Waals surface area (Å²) in [5.74, 6) is -0.396. The average molecular weight is 215 g/mol. The van der Waals surface area contributed by atoms with Crippen LogP contribution in [0, 0.1) is 0 Å². The Bertz CT molecular complexity index is 429. The maximum Gasteiger partial charge on any atom is 0.262 e. The zero-order chi connectivity index (χ0) is 11.1. The van der Waals surface area contributed by atoms with Crippen molar-refractivity contribution >= 4 is 11.8 Å². The summed E-state index contributed by atoms with van der Waals surface area (Å²) < 4.78 is 0. The quantitative estimate of drug-likeness (QED) is 0.656. The van der Waals surface area contributed by atoms with Crippen molar-refractivity contribution in [2.45, 2.75) is 19.0 Å². The lowest BCUT2D eigenvalue weighted by molar-refractivity contribution is 0.0568. The van der Waals surface area contributed by atoms with Gasteiger partial charge in [0.1, 0.15) is 6.17 Å². The number of hydrogen-bond acceptors (Lipinski definition) is 2. The minimum atomic E-state index is -0.243. The summed E-state index contributed by atoms with van der Waals surface area (Å²) in [5.41, 5.74) is 1.02. The Kier molecular flexibility index (Phi) is 2.04. The van der Waals surface area contributed by atoms with Crippen LogP contribution in [-0.4, -0.2) is 29.4 Å². The molecule has 1 saturated heterocycles. The molecule has 0 N–H and O–H groups in total. The van der Waals surface area contributed by atoms with Crippen molar-refractivity contribution in [2.24, 2.45) is 0 Å². The maximum absolute atomic E-state index is 12.0. The Labute approximate surface area is 93.2 Å². The van der Waals surface area contributed by atoms with Gasteiger partial charge in [0.15, 0.2) is 0 Å². The van der Waals surface area contributed by atoms with Crippen LogP contribution in [0.1, 0.15) is 33.6 Å². The van der Waals surface area contributed by atoms with Crippen LogP contribution < -0.4 is 5.32 Å². The van der Waals surface area contributed by atoms with Gasteiger partial charge in [-0.05, 0) is 25.0 Å². The topological polar surface area (TPSA) is 51.5 Å². The summed E-state index contributed by atoms with van der Waals surface area (Å²) in [6.07, 6.45) is 1.51. The van der Waals surface area contributed by atoms with E-state index in [2.05, 4.69) is 5.32 Å². The molecule has 0 spiro atoms. The third-order valence-electron chi connectivity index (χ3n) is 3.08. The summed E-state index contributed by atoms with van der Waals surface area (Å²) in [4.78, 5) is 25.4. The van der Waals surface area contributed by atoms with E-state index in [9.17, 15) is 9.59 Å². The first kappa shape index (κ1) is 9.54. The monoisotopic (exact) mass is 215 g/mol. The van der Waals surface area contributed by atoms with Crippen molar-refractivity contribution < 1.29 is 9.59 Å². The van der Waals surface area contributed by atoms with Gasteiger partial charge in [0.05, 0.1) is 11.1 Å². The fraction of sp³-hybridized carbons (Fsp3) is 0.333. The Morgan fingerprint density at radius 3 is 2.25 bits per heavy atom. The van der Waals surface area contributed by atoms with Crippen LogP contribution >= 0.6 is 0 Å². The van der Waals surface area contributed by atoms with E-state index in [1.54, 1.807) is 24.3 Å². The summed E-state index contributed by atoms with van der Waals surface area (Å²) >= 11 is 0. The maximum atomic E-state index is 12.0. The van der Waals surface area contributed by atoms with Gasteiger partial charge >= 0.3 is 0 Å². The van der Waals surface area contributed by atoms with Crippen molar-refractivity contribution in [1.29, 1.82) is 0 Å². The molecule has 1 aromatic carbocycles. The molecule has 1 atom stereocenters. The predicted molar refractivity (Wildman–Crippen MR) is 57.0 cm³/mol. The van der Waals surface area contributed by atoms with Gasteiger partial charge < -0.3 is 0 Å². The number of amides is 2. The first-order chi connectivity index (χ1) is 7.79. The fourth-order valence-electron chi connectivity index (χ4n) is 2.29. The van der Waals surface area contributed by atoms with Crippen LogP contribution in [-0.2, 0) is 0 Å². The van der Waals surface area contributed by atoms with E-state index in [1.807, 2.05) is 0 Å². The Balaban J connectivity index is 2.00. The Morgan fingerprint density at radius 1 is 1.12 bits per heavy atom. The first-order valence-corrected chi connectivity index (χ1v) is 5.42. The highest BCUT2D eigenvalue weighted by molar-refractivity contribution is 6.21. The number of benzene rings is 1. The number of carbonyl (C=O) groups excluding carboxylic acids is 2. The van der Waals surface area contributed by atoms with E-state index in [0.29, 0.717) is 11.1 Å². The zero-order valence-electron chi connectivity index (χ0n) is 8.72. The van der Waals surface area contributed by atoms with Gasteiger partial charge in [-0.1, -0.05) is 12.1 Å². The van der Waals surface area contributed by atoms with Crippen LogP contribution in [0.2, 0.25) is 0 Å². The van der Waals surface area contributed by atoms with Crippen LogP contribution in [0.3, 0.4) is 0 Å². The molecule has 0 saturated carbocycles. The fourth-order valence-corrected chi connectivity index (χ4v) is 2.29. The highest BCUT2D eigenvalue weighted by Gasteiger charge is 2.40. The summed E-state index contributed by atoms with van der Waals surface area (Å²) in [6, 6.07) is 6.95. The molecular formula is C12H11N2O2. The minimum Gasteiger partial charge on any atom is -0.269 e. The second-order valence-electron chi connectivity index (χ2n) is 4.05. The molecule has 2 heterocycles. The number of carbonyl (C=O) groups is 2. The van der Waals surface area contributed by atoms with Crippen molar-refractivity contribution in [3.05, 3.63) is 35.4 Å². The van der Waals surface area contributed by atoms with Crippen molar-refractivity contribution in [3.63, 3.8) is 0 Å². The smallest absolute Gasteiger partial charge is 0.262 e. The van der Waals surface area contributed by atoms with Crippen molar-refractivity contribution in [3.8, 4) is 0 Å². The van der Waals surface area contributed by atoms with Gasteiger partial charge in [-0.2, -0.15) is 0 Å². The van der Waals surface area contributed by atoms with Gasteiger partial charge in [0, 0.05) is 6.54 Å². The molecular weight excluding hydrogens is 204 g/mol. The first-order valence-electron chi connectivity index (χ1n) is 5.42. The lowest BCUT2D eigenvalue weighted by Crippen LogP contribution is -2.42. The van der Waals surface area contributed by atoms with Crippen molar-refractivity contribution in [1.82, 2.24) is 10.2 Å². The molecule has 1 radical (unpaired) electrons. The molecule has 81 valence electrons. The Hall–Kier alpha value is -1.68. The average Bonchev–Trinajstić information content (AvgIpc) is 2.89. The third-order valence-corrected chi connectivity index (χ3v) is 3.08. The lowest BCUT2D eigenvalue weighted by Gasteiger charge is -2.20. The van der Waals surface area contributed by atoms with Gasteiger partial charge in [-0.15, -0.1) is 0 Å². The molecule has 1 fully saturated rings. The third kappa shape index (κ3) is 1.20. The van der Waals surface area contributed by atoms with E-state index < -0.39 is 0 Å². The van der Waals surface area contributed by atoms with E-state index >= 15 is 0 Å². The molecule has 3 rings (SSSR count). The lowest BCUT2D eigenvalue weighted by atomic mass is 10.1. The number of imide groups is 1. The molecule has 0 aliphatic carbocycles. The largest absolute Gasteiger partial charge is 0.269 e. The number of rotatable bonds is 1. The van der Waals surface area contributed by atoms with E-state index in [1.165, 1.54) is 4.90 Å². The van der Waals surface area contributed by atoms with Crippen LogP contribution in [0.15, 0.2) is 24.3 Å². The molecule has 4 nitrogen and oxygen atoms in total. The molecule has 1 unspecified atom stereocenters. The van der Waals surface area contributed by atoms with Gasteiger partial charge in [-0.3, -0.25) is 14.5 Å². The van der Waals surface area contributed by atoms with Crippen LogP contribution in [0.25, 0.3) is 0 Å². The highest BCUT2D eigenvalue weighted by atomic mass is 16.2. The summed E-state index contributed by atoms with van der Waals surface area (Å²) in [6.45, 7) is 0.748. The van der Waals surface area contributed by atoms with E-state index in [-0.39, 0.29) is 18.0 Å². The predicted octanol–water partition coefficient (Wildman–Crippen LogP) is 1.01. The molecule has 2 aliphatic rings. The molecule has 0 aromatic heterocycles. The van der Waals surface area contributed by atoms with Crippen LogP contribution in [0.4, 0.5) is 0 Å². The van der Waals surface area contributed by atoms with Crippen molar-refractivity contribution in [2.75, 3.05) is 6.54 Å². The number of hydrogen-bond donors (Lipinski definition) is 0. The molecule has 0 bridgehead atoms. The molecule has 2 aliphatic heterocycles. The van der Waals surface area contributed by atoms with Gasteiger partial charge in [-0.25, -0.2) is 5.32 Å². The summed E-state index contributed by atoms with van der Waals surface area (Å²) in [7, 11) is 0. The van der Waals surface area contributed by atoms with E-state index in [0.717, 1.165) is 19.4 Å². The second kappa shape index (κ2) is 3.42. The Morgan fingerprint density at radius 2 is 1.75 bits per heavy atom. The molecule has 2 amide bonds. The molecule has 4 heteroatoms. The summed E-state index contributed by atoms with van der Waals surface area (Å²) in [5, 5.41) is 4.29. The highest BCUT2D eigenvalue weighted by Crippen LogP contribution is 2.26. The number of nitrogens with zero attached hydrogens (tertiary/aromatic N) is 2. The standard InChI is InChI=1S/C12H11N2O2/c15-11-8-4-1-2-5-9(8)12(16)14(11)10-6-3-7-13-10/h1-2,4-5,10H,3,6-7H2.